The summed E-state index contributed by atoms with van der Waals surface area (Å²) in [6, 6.07) is 5.89. The molecule has 0 aliphatic rings. The first kappa shape index (κ1) is 11.2. The van der Waals surface area contributed by atoms with Crippen molar-refractivity contribution in [2.24, 2.45) is 0 Å². The second kappa shape index (κ2) is 5.14. The highest BCUT2D eigenvalue weighted by molar-refractivity contribution is 14.1. The zero-order valence-corrected chi connectivity index (χ0v) is 9.98. The van der Waals surface area contributed by atoms with Gasteiger partial charge in [0.05, 0.1) is 0 Å². The molecular weight excluding hydrogens is 291 g/mol. The van der Waals surface area contributed by atoms with Crippen LogP contribution >= 0.6 is 22.6 Å². The molecule has 0 amide bonds. The second-order valence-electron chi connectivity index (χ2n) is 2.83. The van der Waals surface area contributed by atoms with Crippen molar-refractivity contribution in [2.45, 2.75) is 13.3 Å². The third-order valence-electron chi connectivity index (χ3n) is 1.91. The van der Waals surface area contributed by atoms with Gasteiger partial charge in [-0.3, -0.25) is 0 Å². The topological polar surface area (TPSA) is 37.3 Å². The van der Waals surface area contributed by atoms with Crippen LogP contribution in [0.3, 0.4) is 0 Å². The molecule has 1 rings (SSSR count). The van der Waals surface area contributed by atoms with E-state index in [-0.39, 0.29) is 0 Å². The highest BCUT2D eigenvalue weighted by Crippen LogP contribution is 2.18. The molecule has 1 aromatic carbocycles. The quantitative estimate of drug-likeness (QED) is 0.688. The minimum absolute atomic E-state index is 0.911. The van der Waals surface area contributed by atoms with Crippen LogP contribution in [0.2, 0.25) is 0 Å². The fourth-order valence-corrected chi connectivity index (χ4v) is 2.17. The highest BCUT2D eigenvalue weighted by Gasteiger charge is 2.01. The van der Waals surface area contributed by atoms with Gasteiger partial charge in [-0.25, -0.2) is 4.79 Å². The maximum absolute atomic E-state index is 10.4. The number of hydrogen-bond donors (Lipinski definition) is 1. The zero-order chi connectivity index (χ0) is 10.6. The van der Waals surface area contributed by atoms with Crippen LogP contribution in [0, 0.1) is 3.57 Å². The standard InChI is InChI=1S/C11H11IO2/c1-2-9-8(6-7-11(13)14)4-3-5-10(9)12/h3-7H,2H2,1H3,(H,13,14)/b7-6+. The lowest BCUT2D eigenvalue weighted by Gasteiger charge is -2.05. The van der Waals surface area contributed by atoms with Crippen molar-refractivity contribution in [3.8, 4) is 0 Å². The molecule has 14 heavy (non-hydrogen) atoms. The second-order valence-corrected chi connectivity index (χ2v) is 3.99. The van der Waals surface area contributed by atoms with Crippen LogP contribution in [-0.2, 0) is 11.2 Å². The fraction of sp³-hybridized carbons (Fsp3) is 0.182. The Hall–Kier alpha value is -0.840. The van der Waals surface area contributed by atoms with Gasteiger partial charge in [-0.2, -0.15) is 0 Å². The monoisotopic (exact) mass is 302 g/mol. The van der Waals surface area contributed by atoms with E-state index in [1.165, 1.54) is 15.2 Å². The molecule has 0 aliphatic carbocycles. The summed E-state index contributed by atoms with van der Waals surface area (Å²) in [7, 11) is 0. The third kappa shape index (κ3) is 2.83. The number of hydrogen-bond acceptors (Lipinski definition) is 1. The molecule has 0 unspecified atom stereocenters. The molecule has 1 aromatic rings. The summed E-state index contributed by atoms with van der Waals surface area (Å²) in [6.07, 6.45) is 3.73. The van der Waals surface area contributed by atoms with Crippen molar-refractivity contribution in [1.82, 2.24) is 0 Å². The Labute approximate surface area is 96.8 Å². The molecule has 0 atom stereocenters. The summed E-state index contributed by atoms with van der Waals surface area (Å²) in [4.78, 5) is 10.4. The van der Waals surface area contributed by atoms with Crippen molar-refractivity contribution in [1.29, 1.82) is 0 Å². The van der Waals surface area contributed by atoms with Crippen LogP contribution in [0.15, 0.2) is 24.3 Å². The smallest absolute Gasteiger partial charge is 0.328 e. The molecule has 0 bridgehead atoms. The Balaban J connectivity index is 3.08. The molecule has 2 nitrogen and oxygen atoms in total. The third-order valence-corrected chi connectivity index (χ3v) is 2.92. The molecule has 3 heteroatoms. The lowest BCUT2D eigenvalue weighted by molar-refractivity contribution is -0.131. The molecule has 0 heterocycles. The number of carbonyl (C=O) groups is 1. The maximum atomic E-state index is 10.4. The predicted molar refractivity (Wildman–Crippen MR) is 65.2 cm³/mol. The van der Waals surface area contributed by atoms with Gasteiger partial charge in [0, 0.05) is 9.65 Å². The van der Waals surface area contributed by atoms with E-state index in [1.807, 2.05) is 18.2 Å². The van der Waals surface area contributed by atoms with Crippen molar-refractivity contribution < 1.29 is 9.90 Å². The van der Waals surface area contributed by atoms with Crippen molar-refractivity contribution in [2.75, 3.05) is 0 Å². The van der Waals surface area contributed by atoms with Gasteiger partial charge in [0.1, 0.15) is 0 Å². The van der Waals surface area contributed by atoms with Gasteiger partial charge in [-0.1, -0.05) is 19.1 Å². The van der Waals surface area contributed by atoms with Crippen molar-refractivity contribution >= 4 is 34.6 Å². The van der Waals surface area contributed by atoms with Crippen LogP contribution < -0.4 is 0 Å². The van der Waals surface area contributed by atoms with Crippen molar-refractivity contribution in [3.05, 3.63) is 39.0 Å². The van der Waals surface area contributed by atoms with Crippen molar-refractivity contribution in [3.63, 3.8) is 0 Å². The summed E-state index contributed by atoms with van der Waals surface area (Å²) >= 11 is 2.26. The van der Waals surface area contributed by atoms with Crippen LogP contribution in [0.5, 0.6) is 0 Å². The van der Waals surface area contributed by atoms with E-state index >= 15 is 0 Å². The minimum atomic E-state index is -0.911. The Morgan fingerprint density at radius 1 is 1.57 bits per heavy atom. The van der Waals surface area contributed by atoms with E-state index in [9.17, 15) is 4.79 Å². The average Bonchev–Trinajstić information content (AvgIpc) is 2.14. The van der Waals surface area contributed by atoms with Crippen LogP contribution in [-0.4, -0.2) is 11.1 Å². The molecule has 0 saturated carbocycles. The van der Waals surface area contributed by atoms with E-state index in [2.05, 4.69) is 29.5 Å². The molecule has 0 aliphatic heterocycles. The largest absolute Gasteiger partial charge is 0.478 e. The van der Waals surface area contributed by atoms with E-state index in [0.29, 0.717) is 0 Å². The Kier molecular flexibility index (Phi) is 4.13. The molecular formula is C11H11IO2. The molecule has 0 saturated heterocycles. The molecule has 1 N–H and O–H groups in total. The number of benzene rings is 1. The first-order valence-corrected chi connectivity index (χ1v) is 5.41. The normalized spacial score (nSPS) is 10.7. The highest BCUT2D eigenvalue weighted by atomic mass is 127. The molecule has 0 aromatic heterocycles. The Bertz CT molecular complexity index is 370. The van der Waals surface area contributed by atoms with Gasteiger partial charge >= 0.3 is 5.97 Å². The Morgan fingerprint density at radius 3 is 2.86 bits per heavy atom. The number of halogens is 1. The van der Waals surface area contributed by atoms with Gasteiger partial charge in [-0.05, 0) is 52.3 Å². The SMILES string of the molecule is CCc1c(I)cccc1/C=C/C(=O)O. The zero-order valence-electron chi connectivity index (χ0n) is 7.83. The average molecular weight is 302 g/mol. The van der Waals surface area contributed by atoms with Gasteiger partial charge in [0.25, 0.3) is 0 Å². The van der Waals surface area contributed by atoms with E-state index in [1.54, 1.807) is 6.08 Å². The summed E-state index contributed by atoms with van der Waals surface area (Å²) in [5.41, 5.74) is 2.19. The summed E-state index contributed by atoms with van der Waals surface area (Å²) in [6.45, 7) is 2.07. The van der Waals surface area contributed by atoms with Crippen LogP contribution in [0.4, 0.5) is 0 Å². The summed E-state index contributed by atoms with van der Waals surface area (Å²) in [5, 5.41) is 8.52. The van der Waals surface area contributed by atoms with E-state index in [0.717, 1.165) is 12.0 Å². The summed E-state index contributed by atoms with van der Waals surface area (Å²) in [5.74, 6) is -0.911. The summed E-state index contributed by atoms with van der Waals surface area (Å²) < 4.78 is 1.18. The Morgan fingerprint density at radius 2 is 2.29 bits per heavy atom. The first-order valence-electron chi connectivity index (χ1n) is 4.33. The van der Waals surface area contributed by atoms with E-state index in [4.69, 9.17) is 5.11 Å². The van der Waals surface area contributed by atoms with Gasteiger partial charge in [-0.15, -0.1) is 0 Å². The fourth-order valence-electron chi connectivity index (χ4n) is 1.27. The molecule has 74 valence electrons. The van der Waals surface area contributed by atoms with Crippen LogP contribution in [0.25, 0.3) is 6.08 Å². The lowest BCUT2D eigenvalue weighted by atomic mass is 10.1. The minimum Gasteiger partial charge on any atom is -0.478 e. The van der Waals surface area contributed by atoms with Crippen LogP contribution in [0.1, 0.15) is 18.1 Å². The molecule has 0 fully saturated rings. The number of rotatable bonds is 3. The van der Waals surface area contributed by atoms with E-state index < -0.39 is 5.97 Å². The predicted octanol–water partition coefficient (Wildman–Crippen LogP) is 2.95. The number of aliphatic carboxylic acids is 1. The van der Waals surface area contributed by atoms with Gasteiger partial charge in [0.15, 0.2) is 0 Å². The number of carboxylic acids is 1. The molecule has 0 spiro atoms. The van der Waals surface area contributed by atoms with Gasteiger partial charge < -0.3 is 5.11 Å². The lowest BCUT2D eigenvalue weighted by Crippen LogP contribution is -1.92. The first-order chi connectivity index (χ1) is 6.65. The van der Waals surface area contributed by atoms with Gasteiger partial charge in [0.2, 0.25) is 0 Å². The number of carboxylic acid groups (broad SMARTS) is 1. The maximum Gasteiger partial charge on any atom is 0.328 e. The molecule has 0 radical (unpaired) electrons.